The lowest BCUT2D eigenvalue weighted by molar-refractivity contribution is -0.133. The number of benzene rings is 2. The van der Waals surface area contributed by atoms with Crippen molar-refractivity contribution in [3.63, 3.8) is 0 Å². The number of aromatic hydroxyl groups is 1. The molecular formula is C30H44N8O5. The smallest absolute Gasteiger partial charge is 0.243 e. The zero-order valence-corrected chi connectivity index (χ0v) is 24.3. The van der Waals surface area contributed by atoms with Crippen LogP contribution in [-0.2, 0) is 32.0 Å². The van der Waals surface area contributed by atoms with Crippen molar-refractivity contribution >= 4 is 23.6 Å². The maximum atomic E-state index is 13.4. The van der Waals surface area contributed by atoms with Gasteiger partial charge in [0.05, 0.1) is 12.6 Å². The Kier molecular flexibility index (Phi) is 12.9. The Hall–Kier alpha value is -4.04. The number of carbonyl (C=O) groups excluding carboxylic acids is 4. The van der Waals surface area contributed by atoms with Crippen molar-refractivity contribution in [2.24, 2.45) is 22.9 Å². The third-order valence-electron chi connectivity index (χ3n) is 7.28. The molecule has 1 heterocycles. The van der Waals surface area contributed by atoms with Crippen LogP contribution in [0.15, 0.2) is 42.5 Å². The zero-order chi connectivity index (χ0) is 31.4. The third-order valence-corrected chi connectivity index (χ3v) is 7.28. The van der Waals surface area contributed by atoms with Gasteiger partial charge in [0.15, 0.2) is 0 Å². The molecule has 0 spiro atoms. The Labute approximate surface area is 251 Å². The summed E-state index contributed by atoms with van der Waals surface area (Å²) in [5, 5.41) is 21.2. The van der Waals surface area contributed by atoms with Gasteiger partial charge in [-0.3, -0.25) is 19.2 Å². The number of nitrogens with two attached hydrogens (primary N) is 4. The highest BCUT2D eigenvalue weighted by atomic mass is 16.3. The molecule has 4 amide bonds. The molecule has 4 bridgehead atoms. The first-order valence-corrected chi connectivity index (χ1v) is 14.6. The second kappa shape index (κ2) is 16.6. The third kappa shape index (κ3) is 10.3. The SMILES string of the molecule is NCCC[C@H](N)CNC(=O)CNC(=O)[C@@H]1Cc2cccc(c2)-c2ccc(O)c(c2)C[C@H](N)C(=O)N[C@@H](CCCN)C(=O)N1. The van der Waals surface area contributed by atoms with Gasteiger partial charge in [-0.1, -0.05) is 30.3 Å². The number of amides is 4. The molecule has 0 aromatic heterocycles. The van der Waals surface area contributed by atoms with Crippen molar-refractivity contribution in [3.05, 3.63) is 53.6 Å². The number of carbonyl (C=O) groups is 4. The lowest BCUT2D eigenvalue weighted by Crippen LogP contribution is -2.57. The van der Waals surface area contributed by atoms with Gasteiger partial charge in [-0.2, -0.15) is 0 Å². The predicted octanol–water partition coefficient (Wildman–Crippen LogP) is -1.51. The molecule has 0 saturated heterocycles. The summed E-state index contributed by atoms with van der Waals surface area (Å²) in [6.07, 6.45) is 2.21. The van der Waals surface area contributed by atoms with Gasteiger partial charge in [-0.15, -0.1) is 0 Å². The maximum Gasteiger partial charge on any atom is 0.243 e. The fraction of sp³-hybridized carbons (Fsp3) is 0.467. The van der Waals surface area contributed by atoms with Crippen LogP contribution in [0.5, 0.6) is 5.75 Å². The van der Waals surface area contributed by atoms with Crippen molar-refractivity contribution in [2.75, 3.05) is 26.2 Å². The Morgan fingerprint density at radius 1 is 0.953 bits per heavy atom. The monoisotopic (exact) mass is 596 g/mol. The molecule has 1 aliphatic rings. The highest BCUT2D eigenvalue weighted by Crippen LogP contribution is 2.28. The molecule has 13 heteroatoms. The second-order valence-electron chi connectivity index (χ2n) is 10.8. The minimum atomic E-state index is -1.06. The molecule has 13 nitrogen and oxygen atoms in total. The van der Waals surface area contributed by atoms with E-state index in [4.69, 9.17) is 22.9 Å². The molecular weight excluding hydrogens is 552 g/mol. The van der Waals surface area contributed by atoms with Gasteiger partial charge >= 0.3 is 0 Å². The maximum absolute atomic E-state index is 13.4. The Balaban J connectivity index is 1.86. The molecule has 2 aromatic rings. The topological polar surface area (TPSA) is 241 Å². The lowest BCUT2D eigenvalue weighted by Gasteiger charge is -2.24. The van der Waals surface area contributed by atoms with Crippen LogP contribution in [-0.4, -0.2) is 79.1 Å². The van der Waals surface area contributed by atoms with E-state index in [9.17, 15) is 24.3 Å². The van der Waals surface area contributed by atoms with Gasteiger partial charge in [0.25, 0.3) is 0 Å². The average molecular weight is 597 g/mol. The molecule has 1 aliphatic heterocycles. The van der Waals surface area contributed by atoms with Crippen LogP contribution in [0.4, 0.5) is 0 Å². The number of fused-ring (bicyclic) bond motifs is 5. The predicted molar refractivity (Wildman–Crippen MR) is 163 cm³/mol. The van der Waals surface area contributed by atoms with Gasteiger partial charge < -0.3 is 49.3 Å². The fourth-order valence-corrected chi connectivity index (χ4v) is 4.80. The largest absolute Gasteiger partial charge is 0.508 e. The van der Waals surface area contributed by atoms with Gasteiger partial charge in [0.2, 0.25) is 23.6 Å². The minimum Gasteiger partial charge on any atom is -0.508 e. The first-order valence-electron chi connectivity index (χ1n) is 14.6. The number of phenolic OH excluding ortho intramolecular Hbond substituents is 1. The average Bonchev–Trinajstić information content (AvgIpc) is 3.00. The van der Waals surface area contributed by atoms with Crippen LogP contribution in [0.2, 0.25) is 0 Å². The summed E-state index contributed by atoms with van der Waals surface area (Å²) in [5.41, 5.74) is 26.1. The summed E-state index contributed by atoms with van der Waals surface area (Å²) < 4.78 is 0. The van der Waals surface area contributed by atoms with E-state index >= 15 is 0 Å². The molecule has 13 N–H and O–H groups in total. The van der Waals surface area contributed by atoms with Crippen molar-refractivity contribution in [2.45, 2.75) is 62.7 Å². The van der Waals surface area contributed by atoms with Crippen molar-refractivity contribution < 1.29 is 24.3 Å². The fourth-order valence-electron chi connectivity index (χ4n) is 4.80. The van der Waals surface area contributed by atoms with E-state index in [1.807, 2.05) is 24.3 Å². The molecule has 0 saturated carbocycles. The van der Waals surface area contributed by atoms with E-state index in [0.29, 0.717) is 24.9 Å². The number of phenols is 1. The van der Waals surface area contributed by atoms with Crippen molar-refractivity contribution in [3.8, 4) is 16.9 Å². The van der Waals surface area contributed by atoms with E-state index in [1.165, 1.54) is 0 Å². The summed E-state index contributed by atoms with van der Waals surface area (Å²) in [5.74, 6) is -2.16. The summed E-state index contributed by atoms with van der Waals surface area (Å²) >= 11 is 0. The van der Waals surface area contributed by atoms with Crippen molar-refractivity contribution in [1.82, 2.24) is 21.3 Å². The Morgan fingerprint density at radius 3 is 2.44 bits per heavy atom. The minimum absolute atomic E-state index is 0.00297. The quantitative estimate of drug-likeness (QED) is 0.146. The molecule has 3 rings (SSSR count). The first kappa shape index (κ1) is 33.5. The molecule has 0 aliphatic carbocycles. The first-order chi connectivity index (χ1) is 20.6. The van der Waals surface area contributed by atoms with Crippen LogP contribution in [0.1, 0.15) is 36.8 Å². The van der Waals surface area contributed by atoms with Crippen LogP contribution in [0, 0.1) is 0 Å². The van der Waals surface area contributed by atoms with E-state index in [0.717, 1.165) is 23.1 Å². The van der Waals surface area contributed by atoms with E-state index < -0.39 is 41.8 Å². The summed E-state index contributed by atoms with van der Waals surface area (Å²) in [6.45, 7) is 0.722. The highest BCUT2D eigenvalue weighted by molar-refractivity contribution is 5.94. The normalized spacial score (nSPS) is 19.7. The van der Waals surface area contributed by atoms with Crippen LogP contribution >= 0.6 is 0 Å². The number of hydrogen-bond donors (Lipinski definition) is 9. The van der Waals surface area contributed by atoms with Gasteiger partial charge in [0, 0.05) is 25.4 Å². The summed E-state index contributed by atoms with van der Waals surface area (Å²) in [4.78, 5) is 52.2. The summed E-state index contributed by atoms with van der Waals surface area (Å²) in [7, 11) is 0. The Bertz CT molecular complexity index is 1270. The van der Waals surface area contributed by atoms with Crippen LogP contribution < -0.4 is 44.2 Å². The van der Waals surface area contributed by atoms with Gasteiger partial charge in [-0.05, 0) is 73.2 Å². The zero-order valence-electron chi connectivity index (χ0n) is 24.3. The van der Waals surface area contributed by atoms with Crippen LogP contribution in [0.3, 0.4) is 0 Å². The number of nitrogens with one attached hydrogen (secondary N) is 4. The second-order valence-corrected chi connectivity index (χ2v) is 10.8. The van der Waals surface area contributed by atoms with Crippen molar-refractivity contribution in [1.29, 1.82) is 0 Å². The highest BCUT2D eigenvalue weighted by Gasteiger charge is 2.29. The van der Waals surface area contributed by atoms with Gasteiger partial charge in [0.1, 0.15) is 17.8 Å². The van der Waals surface area contributed by atoms with Gasteiger partial charge in [-0.25, -0.2) is 0 Å². The summed E-state index contributed by atoms with van der Waals surface area (Å²) in [6, 6.07) is 9.10. The molecule has 2 aromatic carbocycles. The molecule has 234 valence electrons. The standard InChI is InChI=1S/C30H44N8O5/c31-10-2-6-22(33)16-35-27(40)17-36-29(42)25-13-18-4-1-5-19(12-18)20-8-9-26(39)21(14-20)15-23(34)28(41)37-24(7-3-11-32)30(43)38-25/h1,4-5,8-9,12,14,22-25,39H,2-3,6-7,10-11,13,15-17,31-34H2,(H,35,40)(H,36,42)(H,37,41)(H,38,43)/t22-,23-,24-,25-/m0/s1. The molecule has 43 heavy (non-hydrogen) atoms. The lowest BCUT2D eigenvalue weighted by atomic mass is 9.96. The van der Waals surface area contributed by atoms with E-state index in [1.54, 1.807) is 18.2 Å². The number of rotatable bonds is 11. The molecule has 0 unspecified atom stereocenters. The van der Waals surface area contributed by atoms with Crippen LogP contribution in [0.25, 0.3) is 11.1 Å². The van der Waals surface area contributed by atoms with E-state index in [2.05, 4.69) is 21.3 Å². The molecule has 4 atom stereocenters. The molecule has 0 radical (unpaired) electrons. The molecule has 0 fully saturated rings. The van der Waals surface area contributed by atoms with E-state index in [-0.39, 0.29) is 50.7 Å². The number of hydrogen-bond acceptors (Lipinski definition) is 9. The Morgan fingerprint density at radius 2 is 1.70 bits per heavy atom.